The lowest BCUT2D eigenvalue weighted by Crippen LogP contribution is -2.33. The van der Waals surface area contributed by atoms with Crippen LogP contribution < -0.4 is 0 Å². The Balaban J connectivity index is 1.48. The molecule has 0 radical (unpaired) electrons. The first kappa shape index (κ1) is 17.8. The summed E-state index contributed by atoms with van der Waals surface area (Å²) in [6.07, 6.45) is 3.46. The van der Waals surface area contributed by atoms with Crippen LogP contribution in [0.2, 0.25) is 0 Å². The van der Waals surface area contributed by atoms with Gasteiger partial charge in [0.25, 0.3) is 0 Å². The van der Waals surface area contributed by atoms with Gasteiger partial charge in [0, 0.05) is 12.5 Å². The van der Waals surface area contributed by atoms with E-state index in [1.165, 1.54) is 12.1 Å². The van der Waals surface area contributed by atoms with Gasteiger partial charge in [-0.1, -0.05) is 41.9 Å². The third-order valence-electron chi connectivity index (χ3n) is 5.00. The third-order valence-corrected chi connectivity index (χ3v) is 5.00. The molecule has 1 fully saturated rings. The fraction of sp³-hybridized carbons (Fsp3) is 0.333. The van der Waals surface area contributed by atoms with Gasteiger partial charge in [-0.25, -0.2) is 8.78 Å². The molecule has 2 heterocycles. The molecule has 3 aromatic rings. The number of piperidine rings is 1. The second-order valence-electron chi connectivity index (χ2n) is 6.91. The monoisotopic (exact) mass is 369 g/mol. The van der Waals surface area contributed by atoms with Gasteiger partial charge >= 0.3 is 0 Å². The number of aromatic nitrogens is 2. The van der Waals surface area contributed by atoms with E-state index < -0.39 is 0 Å². The van der Waals surface area contributed by atoms with Crippen molar-refractivity contribution in [2.75, 3.05) is 6.54 Å². The highest BCUT2D eigenvalue weighted by molar-refractivity contribution is 5.22. The molecule has 1 atom stereocenters. The molecule has 1 aromatic heterocycles. The highest BCUT2D eigenvalue weighted by atomic mass is 19.1. The van der Waals surface area contributed by atoms with Crippen LogP contribution >= 0.6 is 0 Å². The van der Waals surface area contributed by atoms with E-state index in [1.807, 2.05) is 6.07 Å². The van der Waals surface area contributed by atoms with Crippen molar-refractivity contribution in [3.63, 3.8) is 0 Å². The minimum Gasteiger partial charge on any atom is -0.338 e. The molecule has 0 saturated carbocycles. The van der Waals surface area contributed by atoms with Crippen LogP contribution in [0.15, 0.2) is 53.1 Å². The van der Waals surface area contributed by atoms with Gasteiger partial charge in [0.1, 0.15) is 11.6 Å². The first-order valence-electron chi connectivity index (χ1n) is 9.23. The Labute approximate surface area is 156 Å². The van der Waals surface area contributed by atoms with Crippen molar-refractivity contribution in [3.8, 4) is 0 Å². The van der Waals surface area contributed by atoms with Crippen molar-refractivity contribution >= 4 is 0 Å². The molecule has 0 aliphatic carbocycles. The molecule has 1 aliphatic heterocycles. The Morgan fingerprint density at radius 2 is 1.96 bits per heavy atom. The van der Waals surface area contributed by atoms with Crippen LogP contribution in [0, 0.1) is 11.6 Å². The first-order valence-corrected chi connectivity index (χ1v) is 9.23. The fourth-order valence-corrected chi connectivity index (χ4v) is 3.68. The van der Waals surface area contributed by atoms with Crippen LogP contribution in [0.5, 0.6) is 0 Å². The number of nitrogens with zero attached hydrogens (tertiary/aromatic N) is 3. The third kappa shape index (κ3) is 4.22. The van der Waals surface area contributed by atoms with Crippen molar-refractivity contribution in [3.05, 3.63) is 83.0 Å². The number of halogens is 2. The van der Waals surface area contributed by atoms with Crippen LogP contribution in [0.3, 0.4) is 0 Å². The lowest BCUT2D eigenvalue weighted by Gasteiger charge is -2.35. The first-order chi connectivity index (χ1) is 13.2. The van der Waals surface area contributed by atoms with Crippen molar-refractivity contribution in [1.82, 2.24) is 15.0 Å². The highest BCUT2D eigenvalue weighted by Gasteiger charge is 2.26. The summed E-state index contributed by atoms with van der Waals surface area (Å²) < 4.78 is 32.8. The average molecular weight is 369 g/mol. The molecule has 1 saturated heterocycles. The zero-order chi connectivity index (χ0) is 18.6. The normalized spacial score (nSPS) is 17.9. The Morgan fingerprint density at radius 1 is 1.07 bits per heavy atom. The fourth-order valence-electron chi connectivity index (χ4n) is 3.68. The van der Waals surface area contributed by atoms with Crippen molar-refractivity contribution in [2.45, 2.75) is 38.3 Å². The number of hydrogen-bond acceptors (Lipinski definition) is 4. The predicted octanol–water partition coefficient (Wildman–Crippen LogP) is 4.67. The van der Waals surface area contributed by atoms with E-state index in [2.05, 4.69) is 15.0 Å². The van der Waals surface area contributed by atoms with Crippen molar-refractivity contribution < 1.29 is 13.3 Å². The predicted molar refractivity (Wildman–Crippen MR) is 96.9 cm³/mol. The Hall–Kier alpha value is -2.60. The quantitative estimate of drug-likeness (QED) is 0.656. The Bertz CT molecular complexity index is 912. The average Bonchev–Trinajstić information content (AvgIpc) is 3.11. The highest BCUT2D eigenvalue weighted by Crippen LogP contribution is 2.32. The van der Waals surface area contributed by atoms with Gasteiger partial charge in [-0.3, -0.25) is 4.90 Å². The van der Waals surface area contributed by atoms with Gasteiger partial charge in [-0.15, -0.1) is 0 Å². The number of hydrogen-bond donors (Lipinski definition) is 0. The molecule has 0 amide bonds. The number of benzene rings is 2. The summed E-state index contributed by atoms with van der Waals surface area (Å²) >= 11 is 0. The zero-order valence-electron chi connectivity index (χ0n) is 14.9. The maximum Gasteiger partial charge on any atom is 0.240 e. The van der Waals surface area contributed by atoms with Crippen LogP contribution in [0.4, 0.5) is 8.78 Å². The summed E-state index contributed by atoms with van der Waals surface area (Å²) in [5.74, 6) is 0.480. The Morgan fingerprint density at radius 3 is 2.81 bits per heavy atom. The van der Waals surface area contributed by atoms with Crippen LogP contribution in [-0.4, -0.2) is 21.6 Å². The van der Waals surface area contributed by atoms with Gasteiger partial charge in [0.15, 0.2) is 5.82 Å². The molecule has 2 aromatic carbocycles. The molecular formula is C21H21F2N3O. The largest absolute Gasteiger partial charge is 0.338 e. The molecule has 4 rings (SSSR count). The van der Waals surface area contributed by atoms with E-state index in [0.717, 1.165) is 31.4 Å². The Kier molecular flexibility index (Phi) is 5.25. The topological polar surface area (TPSA) is 42.2 Å². The van der Waals surface area contributed by atoms with Crippen molar-refractivity contribution in [2.24, 2.45) is 0 Å². The van der Waals surface area contributed by atoms with Gasteiger partial charge in [-0.05, 0) is 48.7 Å². The molecule has 0 N–H and O–H groups in total. The summed E-state index contributed by atoms with van der Waals surface area (Å²) in [4.78, 5) is 6.67. The lowest BCUT2D eigenvalue weighted by molar-refractivity contribution is 0.123. The molecule has 140 valence electrons. The minimum absolute atomic E-state index is 0.136. The van der Waals surface area contributed by atoms with Crippen LogP contribution in [0.1, 0.15) is 48.1 Å². The summed E-state index contributed by atoms with van der Waals surface area (Å²) in [7, 11) is 0. The summed E-state index contributed by atoms with van der Waals surface area (Å²) in [5, 5.41) is 3.99. The molecular weight excluding hydrogens is 348 g/mol. The molecule has 0 unspecified atom stereocenters. The van der Waals surface area contributed by atoms with Gasteiger partial charge < -0.3 is 4.52 Å². The molecule has 0 spiro atoms. The molecule has 27 heavy (non-hydrogen) atoms. The zero-order valence-corrected chi connectivity index (χ0v) is 14.9. The summed E-state index contributed by atoms with van der Waals surface area (Å²) in [5.41, 5.74) is 1.52. The van der Waals surface area contributed by atoms with Crippen LogP contribution in [-0.2, 0) is 13.0 Å². The van der Waals surface area contributed by atoms with Gasteiger partial charge in [0.2, 0.25) is 5.89 Å². The second kappa shape index (κ2) is 7.96. The summed E-state index contributed by atoms with van der Waals surface area (Å²) in [6, 6.07) is 13.5. The van der Waals surface area contributed by atoms with E-state index in [9.17, 15) is 8.78 Å². The maximum absolute atomic E-state index is 13.8. The minimum atomic E-state index is -0.272. The second-order valence-corrected chi connectivity index (χ2v) is 6.91. The summed E-state index contributed by atoms with van der Waals surface area (Å²) in [6.45, 7) is 1.40. The molecule has 0 bridgehead atoms. The van der Waals surface area contributed by atoms with E-state index in [4.69, 9.17) is 4.52 Å². The van der Waals surface area contributed by atoms with Gasteiger partial charge in [-0.2, -0.15) is 4.98 Å². The van der Waals surface area contributed by atoms with E-state index >= 15 is 0 Å². The van der Waals surface area contributed by atoms with E-state index in [1.54, 1.807) is 30.3 Å². The lowest BCUT2D eigenvalue weighted by atomic mass is 9.95. The standard InChI is InChI=1S/C21H21F2N3O/c22-17-8-5-7-16(12-17)19-10-3-4-11-26(19)14-21-24-20(25-27-21)13-15-6-1-2-9-18(15)23/h1-2,5-9,12,19H,3-4,10-11,13-14H2/t19-/m0/s1. The molecule has 6 heteroatoms. The maximum atomic E-state index is 13.8. The number of rotatable bonds is 5. The molecule has 4 nitrogen and oxygen atoms in total. The number of likely N-dealkylation sites (tertiary alicyclic amines) is 1. The van der Waals surface area contributed by atoms with Crippen LogP contribution in [0.25, 0.3) is 0 Å². The molecule has 1 aliphatic rings. The smallest absolute Gasteiger partial charge is 0.240 e. The van der Waals surface area contributed by atoms with E-state index in [-0.39, 0.29) is 17.7 Å². The van der Waals surface area contributed by atoms with Crippen molar-refractivity contribution in [1.29, 1.82) is 0 Å². The SMILES string of the molecule is Fc1cccc([C@@H]2CCCCN2Cc2nc(Cc3ccccc3F)no2)c1. The van der Waals surface area contributed by atoms with E-state index in [0.29, 0.717) is 30.2 Å². The van der Waals surface area contributed by atoms with Gasteiger partial charge in [0.05, 0.1) is 6.54 Å².